The average Bonchev–Trinajstić information content (AvgIpc) is 2.18. The molecule has 0 bridgehead atoms. The third-order valence-corrected chi connectivity index (χ3v) is 2.11. The lowest BCUT2D eigenvalue weighted by Gasteiger charge is -2.17. The van der Waals surface area contributed by atoms with Crippen molar-refractivity contribution < 1.29 is 4.74 Å². The van der Waals surface area contributed by atoms with Crippen molar-refractivity contribution >= 4 is 5.82 Å². The van der Waals surface area contributed by atoms with E-state index in [2.05, 4.69) is 29.1 Å². The second kappa shape index (κ2) is 4.79. The van der Waals surface area contributed by atoms with E-state index < -0.39 is 0 Å². The van der Waals surface area contributed by atoms with Gasteiger partial charge in [-0.1, -0.05) is 13.8 Å². The lowest BCUT2D eigenvalue weighted by molar-refractivity contribution is 0.163. The van der Waals surface area contributed by atoms with E-state index in [-0.39, 0.29) is 6.10 Å². The summed E-state index contributed by atoms with van der Waals surface area (Å²) < 4.78 is 5.60. The first-order valence-corrected chi connectivity index (χ1v) is 4.80. The zero-order valence-electron chi connectivity index (χ0n) is 9.11. The molecule has 1 aromatic heterocycles. The largest absolute Gasteiger partial charge is 0.473 e. The van der Waals surface area contributed by atoms with E-state index in [0.29, 0.717) is 11.8 Å². The van der Waals surface area contributed by atoms with Crippen LogP contribution in [-0.2, 0) is 0 Å². The quantitative estimate of drug-likeness (QED) is 0.797. The van der Waals surface area contributed by atoms with Crippen LogP contribution in [0, 0.1) is 5.92 Å². The smallest absolute Gasteiger partial charge is 0.234 e. The number of anilines is 1. The molecule has 0 aromatic carbocycles. The van der Waals surface area contributed by atoms with Gasteiger partial charge in [0.05, 0.1) is 18.5 Å². The van der Waals surface area contributed by atoms with E-state index in [9.17, 15) is 0 Å². The van der Waals surface area contributed by atoms with Gasteiger partial charge in [-0.25, -0.2) is 0 Å². The van der Waals surface area contributed by atoms with Crippen LogP contribution in [0.2, 0.25) is 0 Å². The van der Waals surface area contributed by atoms with Crippen LogP contribution in [0.15, 0.2) is 12.4 Å². The van der Waals surface area contributed by atoms with Gasteiger partial charge in [-0.05, 0) is 12.8 Å². The lowest BCUT2D eigenvalue weighted by atomic mass is 10.1. The monoisotopic (exact) mass is 195 g/mol. The fourth-order valence-corrected chi connectivity index (χ4v) is 0.852. The van der Waals surface area contributed by atoms with E-state index in [0.717, 1.165) is 5.82 Å². The van der Waals surface area contributed by atoms with Gasteiger partial charge < -0.3 is 10.1 Å². The van der Waals surface area contributed by atoms with E-state index in [1.165, 1.54) is 0 Å². The van der Waals surface area contributed by atoms with E-state index >= 15 is 0 Å². The van der Waals surface area contributed by atoms with Crippen LogP contribution in [0.4, 0.5) is 5.82 Å². The van der Waals surface area contributed by atoms with Crippen LogP contribution >= 0.6 is 0 Å². The molecule has 4 nitrogen and oxygen atoms in total. The van der Waals surface area contributed by atoms with Crippen molar-refractivity contribution in [2.75, 3.05) is 12.4 Å². The Morgan fingerprint density at radius 3 is 2.57 bits per heavy atom. The first-order valence-electron chi connectivity index (χ1n) is 4.80. The fraction of sp³-hybridized carbons (Fsp3) is 0.600. The minimum atomic E-state index is 0.149. The normalized spacial score (nSPS) is 12.6. The molecule has 4 heteroatoms. The number of rotatable bonds is 4. The Bertz CT molecular complexity index is 288. The molecule has 1 N–H and O–H groups in total. The van der Waals surface area contributed by atoms with Crippen molar-refractivity contribution in [1.82, 2.24) is 9.97 Å². The number of hydrogen-bond acceptors (Lipinski definition) is 4. The highest BCUT2D eigenvalue weighted by molar-refractivity contribution is 5.31. The maximum atomic E-state index is 5.60. The van der Waals surface area contributed by atoms with Crippen molar-refractivity contribution in [3.05, 3.63) is 12.4 Å². The third-order valence-electron chi connectivity index (χ3n) is 2.11. The number of nitrogens with zero attached hydrogens (tertiary/aromatic N) is 2. The average molecular weight is 195 g/mol. The molecule has 1 unspecified atom stereocenters. The molecule has 0 spiro atoms. The van der Waals surface area contributed by atoms with Gasteiger partial charge >= 0.3 is 0 Å². The number of aromatic nitrogens is 2. The summed E-state index contributed by atoms with van der Waals surface area (Å²) in [5.41, 5.74) is 0. The van der Waals surface area contributed by atoms with Crippen molar-refractivity contribution in [2.24, 2.45) is 5.92 Å². The number of hydrogen-bond donors (Lipinski definition) is 1. The Labute approximate surface area is 84.7 Å². The van der Waals surface area contributed by atoms with Crippen LogP contribution < -0.4 is 10.1 Å². The summed E-state index contributed by atoms with van der Waals surface area (Å²) in [4.78, 5) is 8.24. The van der Waals surface area contributed by atoms with E-state index in [4.69, 9.17) is 4.74 Å². The first-order chi connectivity index (χ1) is 6.63. The van der Waals surface area contributed by atoms with Crippen molar-refractivity contribution in [2.45, 2.75) is 26.9 Å². The summed E-state index contributed by atoms with van der Waals surface area (Å²) in [6, 6.07) is 0. The van der Waals surface area contributed by atoms with Gasteiger partial charge in [0.25, 0.3) is 0 Å². The molecule has 0 fully saturated rings. The van der Waals surface area contributed by atoms with Gasteiger partial charge in [-0.2, -0.15) is 4.98 Å². The topological polar surface area (TPSA) is 47.0 Å². The molecule has 78 valence electrons. The van der Waals surface area contributed by atoms with Gasteiger partial charge in [-0.3, -0.25) is 4.98 Å². The Kier molecular flexibility index (Phi) is 3.68. The van der Waals surface area contributed by atoms with Crippen molar-refractivity contribution in [3.8, 4) is 5.88 Å². The van der Waals surface area contributed by atoms with Crippen LogP contribution in [0.3, 0.4) is 0 Å². The summed E-state index contributed by atoms with van der Waals surface area (Å²) >= 11 is 0. The van der Waals surface area contributed by atoms with Crippen LogP contribution in [0.25, 0.3) is 0 Å². The lowest BCUT2D eigenvalue weighted by Crippen LogP contribution is -2.19. The second-order valence-corrected chi connectivity index (χ2v) is 3.56. The fourth-order valence-electron chi connectivity index (χ4n) is 0.852. The molecule has 0 aliphatic carbocycles. The Hall–Kier alpha value is -1.32. The maximum absolute atomic E-state index is 5.60. The zero-order valence-corrected chi connectivity index (χ0v) is 9.11. The zero-order chi connectivity index (χ0) is 10.6. The number of nitrogens with one attached hydrogen (secondary N) is 1. The summed E-state index contributed by atoms with van der Waals surface area (Å²) in [5, 5.41) is 2.92. The minimum absolute atomic E-state index is 0.149. The van der Waals surface area contributed by atoms with E-state index in [1.54, 1.807) is 19.4 Å². The molecule has 14 heavy (non-hydrogen) atoms. The predicted octanol–water partition coefficient (Wildman–Crippen LogP) is 1.94. The van der Waals surface area contributed by atoms with Crippen LogP contribution in [0.5, 0.6) is 5.88 Å². The minimum Gasteiger partial charge on any atom is -0.473 e. The summed E-state index contributed by atoms with van der Waals surface area (Å²) in [6.07, 6.45) is 3.43. The molecule has 1 rings (SSSR count). The number of ether oxygens (including phenoxy) is 1. The molecule has 1 atom stereocenters. The summed E-state index contributed by atoms with van der Waals surface area (Å²) in [5.74, 6) is 1.76. The Morgan fingerprint density at radius 1 is 1.29 bits per heavy atom. The Morgan fingerprint density at radius 2 is 2.00 bits per heavy atom. The molecular formula is C10H17N3O. The molecule has 0 saturated carbocycles. The first kappa shape index (κ1) is 10.8. The maximum Gasteiger partial charge on any atom is 0.234 e. The third kappa shape index (κ3) is 2.87. The molecule has 0 amide bonds. The summed E-state index contributed by atoms with van der Waals surface area (Å²) in [7, 11) is 1.81. The summed E-state index contributed by atoms with van der Waals surface area (Å²) in [6.45, 7) is 6.25. The highest BCUT2D eigenvalue weighted by Crippen LogP contribution is 2.13. The SMILES string of the molecule is CNc1cncc(OC(C)C(C)C)n1. The molecular weight excluding hydrogens is 178 g/mol. The molecule has 0 radical (unpaired) electrons. The standard InChI is InChI=1S/C10H17N3O/c1-7(2)8(3)14-10-6-12-5-9(11-4)13-10/h5-8H,1-4H3,(H,11,13). The van der Waals surface area contributed by atoms with Crippen molar-refractivity contribution in [1.29, 1.82) is 0 Å². The van der Waals surface area contributed by atoms with Crippen LogP contribution in [-0.4, -0.2) is 23.1 Å². The van der Waals surface area contributed by atoms with Gasteiger partial charge in [0.15, 0.2) is 0 Å². The molecule has 0 aliphatic heterocycles. The molecule has 1 heterocycles. The van der Waals surface area contributed by atoms with Gasteiger partial charge in [-0.15, -0.1) is 0 Å². The Balaban J connectivity index is 2.66. The molecule has 0 aliphatic rings. The molecule has 0 saturated heterocycles. The highest BCUT2D eigenvalue weighted by Gasteiger charge is 2.09. The predicted molar refractivity (Wildman–Crippen MR) is 56.5 cm³/mol. The van der Waals surface area contributed by atoms with Gasteiger partial charge in [0.2, 0.25) is 5.88 Å². The van der Waals surface area contributed by atoms with E-state index in [1.807, 2.05) is 6.92 Å². The molecule has 1 aromatic rings. The van der Waals surface area contributed by atoms with Crippen molar-refractivity contribution in [3.63, 3.8) is 0 Å². The highest BCUT2D eigenvalue weighted by atomic mass is 16.5. The van der Waals surface area contributed by atoms with Gasteiger partial charge in [0.1, 0.15) is 5.82 Å². The second-order valence-electron chi connectivity index (χ2n) is 3.56. The van der Waals surface area contributed by atoms with Crippen LogP contribution in [0.1, 0.15) is 20.8 Å². The van der Waals surface area contributed by atoms with Gasteiger partial charge in [0, 0.05) is 7.05 Å².